The molecule has 2 N–H and O–H groups in total. The Kier molecular flexibility index (Phi) is 3.89. The smallest absolute Gasteiger partial charge is 0.320 e. The molecule has 0 fully saturated rings. The van der Waals surface area contributed by atoms with Crippen molar-refractivity contribution in [1.29, 1.82) is 0 Å². The number of hydrogen-bond acceptors (Lipinski definition) is 5. The van der Waals surface area contributed by atoms with E-state index in [1.165, 1.54) is 11.8 Å². The summed E-state index contributed by atoms with van der Waals surface area (Å²) in [6.07, 6.45) is 2.34. The third-order valence-corrected chi connectivity index (χ3v) is 3.72. The number of carbonyl (C=O) groups excluding carboxylic acids is 1. The van der Waals surface area contributed by atoms with Crippen LogP contribution in [0.3, 0.4) is 0 Å². The van der Waals surface area contributed by atoms with E-state index in [-0.39, 0.29) is 12.1 Å². The van der Waals surface area contributed by atoms with Crippen LogP contribution in [0.5, 0.6) is 0 Å². The van der Waals surface area contributed by atoms with E-state index < -0.39 is 0 Å². The molecule has 0 saturated heterocycles. The number of nitrogens with zero attached hydrogens (tertiary/aromatic N) is 2. The largest absolute Gasteiger partial charge is 0.371 e. The first-order chi connectivity index (χ1) is 9.83. The molecule has 0 radical (unpaired) electrons. The first kappa shape index (κ1) is 13.0. The van der Waals surface area contributed by atoms with Gasteiger partial charge in [-0.1, -0.05) is 28.8 Å². The van der Waals surface area contributed by atoms with Gasteiger partial charge in [0.25, 0.3) is 0 Å². The van der Waals surface area contributed by atoms with Gasteiger partial charge in [0.15, 0.2) is 0 Å². The molecule has 2 aromatic rings. The Morgan fingerprint density at radius 2 is 2.35 bits per heavy atom. The lowest BCUT2D eigenvalue weighted by molar-refractivity contribution is 0.0444. The van der Waals surface area contributed by atoms with Crippen LogP contribution in [0.15, 0.2) is 30.5 Å². The minimum atomic E-state index is -0.275. The van der Waals surface area contributed by atoms with E-state index in [0.717, 1.165) is 23.5 Å². The molecule has 1 atom stereocenters. The Balaban J connectivity index is 1.58. The van der Waals surface area contributed by atoms with Crippen molar-refractivity contribution in [3.05, 3.63) is 41.6 Å². The van der Waals surface area contributed by atoms with Crippen molar-refractivity contribution in [2.24, 2.45) is 0 Å². The van der Waals surface area contributed by atoms with Crippen molar-refractivity contribution in [2.75, 3.05) is 18.5 Å². The van der Waals surface area contributed by atoms with Crippen molar-refractivity contribution < 1.29 is 9.53 Å². The number of amides is 2. The summed E-state index contributed by atoms with van der Waals surface area (Å²) < 4.78 is 9.40. The molecular formula is C13H14N4O2S. The lowest BCUT2D eigenvalue weighted by atomic mass is 9.98. The molecule has 1 aromatic carbocycles. The highest BCUT2D eigenvalue weighted by molar-refractivity contribution is 7.10. The standard InChI is InChI=1S/C13H14N4O2S/c18-13(16-12-8-15-17-20-12)14-7-11-10-4-2-1-3-9(10)5-6-19-11/h1-4,8,11H,5-7H2,(H2,14,16,18)/t11-/m1/s1. The van der Waals surface area contributed by atoms with Crippen molar-refractivity contribution >= 4 is 22.6 Å². The second-order valence-corrected chi connectivity index (χ2v) is 5.21. The van der Waals surface area contributed by atoms with Crippen LogP contribution in [0.2, 0.25) is 0 Å². The van der Waals surface area contributed by atoms with Crippen LogP contribution in [-0.2, 0) is 11.2 Å². The number of aromatic nitrogens is 2. The Bertz CT molecular complexity index is 588. The number of fused-ring (bicyclic) bond motifs is 1. The van der Waals surface area contributed by atoms with Crippen LogP contribution >= 0.6 is 11.5 Å². The fraction of sp³-hybridized carbons (Fsp3) is 0.308. The highest BCUT2D eigenvalue weighted by Gasteiger charge is 2.20. The molecule has 7 heteroatoms. The number of nitrogens with one attached hydrogen (secondary N) is 2. The minimum absolute atomic E-state index is 0.0923. The summed E-state index contributed by atoms with van der Waals surface area (Å²) in [5.41, 5.74) is 2.44. The molecule has 1 aromatic heterocycles. The number of anilines is 1. The molecule has 2 heterocycles. The summed E-state index contributed by atoms with van der Waals surface area (Å²) in [6, 6.07) is 7.89. The SMILES string of the molecule is O=C(NC[C@H]1OCCc2ccccc21)Nc1cnns1. The lowest BCUT2D eigenvalue weighted by Crippen LogP contribution is -2.34. The second kappa shape index (κ2) is 5.98. The molecule has 0 spiro atoms. The normalized spacial score (nSPS) is 17.3. The predicted molar refractivity (Wildman–Crippen MR) is 75.8 cm³/mol. The maximum Gasteiger partial charge on any atom is 0.320 e. The van der Waals surface area contributed by atoms with Crippen LogP contribution in [0.25, 0.3) is 0 Å². The highest BCUT2D eigenvalue weighted by atomic mass is 32.1. The summed E-state index contributed by atoms with van der Waals surface area (Å²) >= 11 is 1.14. The van der Waals surface area contributed by atoms with Gasteiger partial charge >= 0.3 is 6.03 Å². The van der Waals surface area contributed by atoms with Crippen molar-refractivity contribution in [3.8, 4) is 0 Å². The third-order valence-electron chi connectivity index (χ3n) is 3.14. The fourth-order valence-corrected chi connectivity index (χ4v) is 2.62. The highest BCUT2D eigenvalue weighted by Crippen LogP contribution is 2.26. The Morgan fingerprint density at radius 1 is 1.45 bits per heavy atom. The Labute approximate surface area is 120 Å². The van der Waals surface area contributed by atoms with Gasteiger partial charge in [0, 0.05) is 18.1 Å². The van der Waals surface area contributed by atoms with E-state index in [0.29, 0.717) is 18.2 Å². The van der Waals surface area contributed by atoms with Crippen LogP contribution in [0.4, 0.5) is 9.80 Å². The summed E-state index contributed by atoms with van der Waals surface area (Å²) in [6.45, 7) is 1.12. The van der Waals surface area contributed by atoms with Gasteiger partial charge in [0.05, 0.1) is 12.8 Å². The van der Waals surface area contributed by atoms with Gasteiger partial charge in [-0.05, 0) is 17.5 Å². The quantitative estimate of drug-likeness (QED) is 0.906. The number of hydrogen-bond donors (Lipinski definition) is 2. The first-order valence-electron chi connectivity index (χ1n) is 6.34. The third kappa shape index (κ3) is 2.94. The fourth-order valence-electron chi connectivity index (χ4n) is 2.21. The molecule has 0 aliphatic carbocycles. The molecule has 1 aliphatic heterocycles. The van der Waals surface area contributed by atoms with Crippen molar-refractivity contribution in [3.63, 3.8) is 0 Å². The molecule has 2 amide bonds. The molecule has 104 valence electrons. The van der Waals surface area contributed by atoms with Crippen molar-refractivity contribution in [1.82, 2.24) is 14.9 Å². The molecule has 0 bridgehead atoms. The number of benzene rings is 1. The molecular weight excluding hydrogens is 276 g/mol. The minimum Gasteiger partial charge on any atom is -0.371 e. The Morgan fingerprint density at radius 3 is 3.20 bits per heavy atom. The van der Waals surface area contributed by atoms with Crippen LogP contribution in [-0.4, -0.2) is 28.8 Å². The molecule has 6 nitrogen and oxygen atoms in total. The number of urea groups is 1. The molecule has 0 unspecified atom stereocenters. The van der Waals surface area contributed by atoms with Gasteiger partial charge in [-0.3, -0.25) is 5.32 Å². The monoisotopic (exact) mass is 290 g/mol. The zero-order chi connectivity index (χ0) is 13.8. The predicted octanol–water partition coefficient (Wildman–Crippen LogP) is 1.97. The van der Waals surface area contributed by atoms with E-state index in [4.69, 9.17) is 4.74 Å². The van der Waals surface area contributed by atoms with Crippen LogP contribution in [0, 0.1) is 0 Å². The maximum atomic E-state index is 11.7. The van der Waals surface area contributed by atoms with Crippen LogP contribution in [0.1, 0.15) is 17.2 Å². The van der Waals surface area contributed by atoms with Gasteiger partial charge in [-0.25, -0.2) is 4.79 Å². The second-order valence-electron chi connectivity index (χ2n) is 4.43. The van der Waals surface area contributed by atoms with E-state index in [1.807, 2.05) is 18.2 Å². The van der Waals surface area contributed by atoms with Crippen LogP contribution < -0.4 is 10.6 Å². The van der Waals surface area contributed by atoms with E-state index in [2.05, 4.69) is 26.3 Å². The van der Waals surface area contributed by atoms with Gasteiger partial charge in [-0.2, -0.15) is 0 Å². The molecule has 1 aliphatic rings. The molecule has 0 saturated carbocycles. The average molecular weight is 290 g/mol. The summed E-state index contributed by atoms with van der Waals surface area (Å²) in [5, 5.41) is 9.76. The number of ether oxygens (including phenoxy) is 1. The van der Waals surface area contributed by atoms with Crippen molar-refractivity contribution in [2.45, 2.75) is 12.5 Å². The van der Waals surface area contributed by atoms with Gasteiger partial charge in [0.2, 0.25) is 0 Å². The van der Waals surface area contributed by atoms with Gasteiger partial charge in [-0.15, -0.1) is 5.10 Å². The molecule has 3 rings (SSSR count). The topological polar surface area (TPSA) is 76.1 Å². The average Bonchev–Trinajstić information content (AvgIpc) is 2.98. The van der Waals surface area contributed by atoms with E-state index in [1.54, 1.807) is 0 Å². The zero-order valence-electron chi connectivity index (χ0n) is 10.7. The lowest BCUT2D eigenvalue weighted by Gasteiger charge is -2.26. The van der Waals surface area contributed by atoms with E-state index >= 15 is 0 Å². The number of rotatable bonds is 3. The summed E-state index contributed by atoms with van der Waals surface area (Å²) in [7, 11) is 0. The van der Waals surface area contributed by atoms with Gasteiger partial charge in [0.1, 0.15) is 11.1 Å². The summed E-state index contributed by atoms with van der Waals surface area (Å²) in [5.74, 6) is 0. The maximum absolute atomic E-state index is 11.7. The Hall–Kier alpha value is -1.99. The van der Waals surface area contributed by atoms with E-state index in [9.17, 15) is 4.79 Å². The summed E-state index contributed by atoms with van der Waals surface area (Å²) in [4.78, 5) is 11.7. The van der Waals surface area contributed by atoms with Gasteiger partial charge < -0.3 is 10.1 Å². The molecule has 20 heavy (non-hydrogen) atoms. The zero-order valence-corrected chi connectivity index (χ0v) is 11.5. The number of carbonyl (C=O) groups is 1. The first-order valence-corrected chi connectivity index (χ1v) is 7.12.